The minimum atomic E-state index is -4.53. The number of thiophene rings is 1. The molecule has 6 nitrogen and oxygen atoms in total. The molecule has 1 aromatic heterocycles. The second-order valence-corrected chi connectivity index (χ2v) is 13.1. The van der Waals surface area contributed by atoms with Crippen LogP contribution >= 0.6 is 23.1 Å². The molecule has 13 heteroatoms. The second-order valence-electron chi connectivity index (χ2n) is 8.98. The zero-order valence-electron chi connectivity index (χ0n) is 21.3. The van der Waals surface area contributed by atoms with Crippen LogP contribution in [-0.4, -0.2) is 71.1 Å². The van der Waals surface area contributed by atoms with Crippen LogP contribution in [0.1, 0.15) is 11.3 Å². The highest BCUT2D eigenvalue weighted by molar-refractivity contribution is 8.00. The first kappa shape index (κ1) is 29.3. The maximum Gasteiger partial charge on any atom is 0.446 e. The molecule has 1 aliphatic rings. The fourth-order valence-electron chi connectivity index (χ4n) is 4.16. The Labute approximate surface area is 232 Å². The summed E-state index contributed by atoms with van der Waals surface area (Å²) in [5.74, 6) is 5.96. The Kier molecular flexibility index (Phi) is 8.90. The van der Waals surface area contributed by atoms with Crippen LogP contribution in [0.15, 0.2) is 46.2 Å². The molecule has 0 bridgehead atoms. The van der Waals surface area contributed by atoms with E-state index in [0.29, 0.717) is 28.7 Å². The number of rotatable bonds is 7. The largest absolute Gasteiger partial charge is 0.493 e. The molecule has 2 aromatic carbocycles. The van der Waals surface area contributed by atoms with Gasteiger partial charge in [-0.05, 0) is 43.4 Å². The number of sulfone groups is 1. The van der Waals surface area contributed by atoms with Gasteiger partial charge in [0.2, 0.25) is 0 Å². The standard InChI is InChI=1S/C26H26F4N2O4S3/c1-32-12-11-19(18(27)15-32)31-20-7-4-6-17-24(20)37-23(25(17)38-26(28,29)30)8-5-13-36-21-10-9-16(39(3,33)34)14-22(21)35-2/h4,6-7,9-10,14,18-19,31H,11-13,15H2,1-3H3/t18-,19+/m0/s1. The lowest BCUT2D eigenvalue weighted by Gasteiger charge is -2.33. The van der Waals surface area contributed by atoms with Crippen molar-refractivity contribution in [2.24, 2.45) is 0 Å². The van der Waals surface area contributed by atoms with E-state index in [2.05, 4.69) is 17.2 Å². The third kappa shape index (κ3) is 7.30. The number of fused-ring (bicyclic) bond motifs is 1. The Morgan fingerprint density at radius 3 is 2.67 bits per heavy atom. The Hall–Kier alpha value is -2.66. The van der Waals surface area contributed by atoms with Gasteiger partial charge < -0.3 is 19.7 Å². The van der Waals surface area contributed by atoms with E-state index in [1.807, 2.05) is 11.9 Å². The predicted molar refractivity (Wildman–Crippen MR) is 147 cm³/mol. The Balaban J connectivity index is 1.61. The van der Waals surface area contributed by atoms with Gasteiger partial charge in [-0.3, -0.25) is 0 Å². The van der Waals surface area contributed by atoms with Gasteiger partial charge in [0.25, 0.3) is 0 Å². The highest BCUT2D eigenvalue weighted by atomic mass is 32.2. The van der Waals surface area contributed by atoms with Gasteiger partial charge >= 0.3 is 5.51 Å². The van der Waals surface area contributed by atoms with Crippen LogP contribution in [-0.2, 0) is 9.84 Å². The molecule has 0 saturated carbocycles. The van der Waals surface area contributed by atoms with E-state index in [1.54, 1.807) is 18.2 Å². The van der Waals surface area contributed by atoms with Crippen LogP contribution in [0, 0.1) is 11.8 Å². The first-order valence-corrected chi connectivity index (χ1v) is 15.3. The van der Waals surface area contributed by atoms with Crippen molar-refractivity contribution in [1.29, 1.82) is 0 Å². The van der Waals surface area contributed by atoms with Crippen molar-refractivity contribution in [2.75, 3.05) is 45.4 Å². The highest BCUT2D eigenvalue weighted by Crippen LogP contribution is 2.47. The molecule has 0 spiro atoms. The number of alkyl halides is 4. The van der Waals surface area contributed by atoms with E-state index in [0.717, 1.165) is 17.6 Å². The average Bonchev–Trinajstić information content (AvgIpc) is 3.19. The molecule has 1 N–H and O–H groups in total. The zero-order chi connectivity index (χ0) is 28.4. The van der Waals surface area contributed by atoms with Crippen LogP contribution in [0.4, 0.5) is 23.2 Å². The van der Waals surface area contributed by atoms with Crippen LogP contribution in [0.25, 0.3) is 10.1 Å². The molecule has 0 amide bonds. The highest BCUT2D eigenvalue weighted by Gasteiger charge is 2.33. The van der Waals surface area contributed by atoms with E-state index in [4.69, 9.17) is 9.47 Å². The van der Waals surface area contributed by atoms with Crippen LogP contribution in [0.2, 0.25) is 0 Å². The summed E-state index contributed by atoms with van der Waals surface area (Å²) in [5.41, 5.74) is -3.96. The van der Waals surface area contributed by atoms with E-state index in [9.17, 15) is 26.0 Å². The molecule has 210 valence electrons. The number of thioether (sulfide) groups is 1. The molecule has 2 atom stereocenters. The van der Waals surface area contributed by atoms with E-state index in [1.165, 1.54) is 25.3 Å². The summed E-state index contributed by atoms with van der Waals surface area (Å²) in [5, 5.41) is 3.59. The van der Waals surface area contributed by atoms with Crippen molar-refractivity contribution < 1.29 is 35.5 Å². The van der Waals surface area contributed by atoms with Gasteiger partial charge in [0.15, 0.2) is 21.3 Å². The van der Waals surface area contributed by atoms with Crippen LogP contribution < -0.4 is 14.8 Å². The van der Waals surface area contributed by atoms with Crippen molar-refractivity contribution in [3.63, 3.8) is 0 Å². The smallest absolute Gasteiger partial charge is 0.446 e. The van der Waals surface area contributed by atoms with E-state index >= 15 is 0 Å². The van der Waals surface area contributed by atoms with Gasteiger partial charge in [-0.2, -0.15) is 13.2 Å². The number of methoxy groups -OCH3 is 1. The van der Waals surface area contributed by atoms with Gasteiger partial charge in [-0.15, -0.1) is 11.3 Å². The first-order valence-electron chi connectivity index (χ1n) is 11.8. The maximum absolute atomic E-state index is 14.6. The summed E-state index contributed by atoms with van der Waals surface area (Å²) >= 11 is 0.869. The third-order valence-corrected chi connectivity index (χ3v) is 9.29. The summed E-state index contributed by atoms with van der Waals surface area (Å²) in [6.07, 6.45) is 0.533. The topological polar surface area (TPSA) is 67.9 Å². The summed E-state index contributed by atoms with van der Waals surface area (Å²) in [4.78, 5) is 2.15. The molecular formula is C26H26F4N2O4S3. The first-order chi connectivity index (χ1) is 18.4. The fourth-order valence-corrected chi connectivity index (χ4v) is 6.81. The lowest BCUT2D eigenvalue weighted by molar-refractivity contribution is -0.0327. The van der Waals surface area contributed by atoms with Crippen molar-refractivity contribution in [1.82, 2.24) is 4.90 Å². The number of benzene rings is 2. The molecule has 1 saturated heterocycles. The Bertz CT molecular complexity index is 1510. The number of halogens is 4. The van der Waals surface area contributed by atoms with Gasteiger partial charge in [0.05, 0.1) is 38.2 Å². The number of nitrogens with zero attached hydrogens (tertiary/aromatic N) is 1. The van der Waals surface area contributed by atoms with Crippen molar-refractivity contribution in [3.05, 3.63) is 41.3 Å². The Morgan fingerprint density at radius 1 is 1.23 bits per heavy atom. The molecule has 1 fully saturated rings. The molecule has 0 unspecified atom stereocenters. The number of piperidine rings is 1. The summed E-state index contributed by atoms with van der Waals surface area (Å²) in [7, 11) is -0.242. The minimum Gasteiger partial charge on any atom is -0.493 e. The molecule has 2 heterocycles. The number of hydrogen-bond acceptors (Lipinski definition) is 8. The van der Waals surface area contributed by atoms with Gasteiger partial charge in [-0.25, -0.2) is 12.8 Å². The van der Waals surface area contributed by atoms with Crippen LogP contribution in [0.3, 0.4) is 0 Å². The molecule has 39 heavy (non-hydrogen) atoms. The normalized spacial score (nSPS) is 18.4. The Morgan fingerprint density at radius 2 is 2.00 bits per heavy atom. The summed E-state index contributed by atoms with van der Waals surface area (Å²) in [6, 6.07) is 8.66. The summed E-state index contributed by atoms with van der Waals surface area (Å²) < 4.78 is 90.0. The second kappa shape index (κ2) is 11.8. The quantitative estimate of drug-likeness (QED) is 0.208. The number of ether oxygens (including phenoxy) is 2. The molecule has 0 aliphatic carbocycles. The monoisotopic (exact) mass is 602 g/mol. The summed E-state index contributed by atoms with van der Waals surface area (Å²) in [6.45, 7) is 0.821. The van der Waals surface area contributed by atoms with Crippen molar-refractivity contribution in [2.45, 2.75) is 33.9 Å². The maximum atomic E-state index is 14.6. The van der Waals surface area contributed by atoms with Gasteiger partial charge in [0, 0.05) is 30.8 Å². The lowest BCUT2D eigenvalue weighted by atomic mass is 10.0. The minimum absolute atomic E-state index is 0.0195. The fraction of sp³-hybridized carbons (Fsp3) is 0.385. The number of nitrogens with one attached hydrogen (secondary N) is 1. The van der Waals surface area contributed by atoms with Crippen molar-refractivity contribution >= 4 is 48.7 Å². The molecular weight excluding hydrogens is 576 g/mol. The number of anilines is 1. The molecule has 0 radical (unpaired) electrons. The van der Waals surface area contributed by atoms with Crippen molar-refractivity contribution in [3.8, 4) is 23.3 Å². The molecule has 4 rings (SSSR count). The van der Waals surface area contributed by atoms with E-state index in [-0.39, 0.29) is 51.1 Å². The number of hydrogen-bond donors (Lipinski definition) is 1. The molecule has 1 aliphatic heterocycles. The van der Waals surface area contributed by atoms with Gasteiger partial charge in [-0.1, -0.05) is 24.0 Å². The van der Waals surface area contributed by atoms with Crippen LogP contribution in [0.5, 0.6) is 11.5 Å². The predicted octanol–water partition coefficient (Wildman–Crippen LogP) is 5.81. The SMILES string of the molecule is COc1cc(S(C)(=O)=O)ccc1OCC#Cc1sc2c(N[C@@H]3CCN(C)C[C@@H]3F)cccc2c1SC(F)(F)F. The average molecular weight is 603 g/mol. The third-order valence-electron chi connectivity index (χ3n) is 6.04. The van der Waals surface area contributed by atoms with E-state index < -0.39 is 27.6 Å². The molecule has 3 aromatic rings. The zero-order valence-corrected chi connectivity index (χ0v) is 23.7. The lowest BCUT2D eigenvalue weighted by Crippen LogP contribution is -2.46. The number of likely N-dealkylation sites (tertiary alicyclic amines) is 1. The van der Waals surface area contributed by atoms with Gasteiger partial charge in [0.1, 0.15) is 12.8 Å².